The number of carboxylic acid groups (broad SMARTS) is 1. The van der Waals surface area contributed by atoms with Crippen LogP contribution >= 0.6 is 0 Å². The van der Waals surface area contributed by atoms with E-state index in [0.29, 0.717) is 12.4 Å². The number of rotatable bonds is 7. The van der Waals surface area contributed by atoms with Crippen LogP contribution in [0.5, 0.6) is 5.75 Å². The van der Waals surface area contributed by atoms with Gasteiger partial charge in [0.2, 0.25) is 0 Å². The highest BCUT2D eigenvalue weighted by molar-refractivity contribution is 5.99. The molecule has 2 heterocycles. The van der Waals surface area contributed by atoms with Crippen LogP contribution in [-0.2, 0) is 25.1 Å². The summed E-state index contributed by atoms with van der Waals surface area (Å²) in [6.07, 6.45) is -0.299. The van der Waals surface area contributed by atoms with Gasteiger partial charge in [0, 0.05) is 7.05 Å². The standard InChI is InChI=1S/C20H23N3O5/c1-12(2)28-17-15-18(22(4)16(17)20(25)26)21-13(3)23(19(15)24)11-27-10-14-8-6-5-7-9-14/h5-9,12H,10-11H2,1-4H3,(H,25,26). The summed E-state index contributed by atoms with van der Waals surface area (Å²) in [6.45, 7) is 5.57. The molecule has 0 unspecified atom stereocenters. The van der Waals surface area contributed by atoms with Gasteiger partial charge in [-0.15, -0.1) is 0 Å². The summed E-state index contributed by atoms with van der Waals surface area (Å²) < 4.78 is 14.1. The molecular weight excluding hydrogens is 362 g/mol. The highest BCUT2D eigenvalue weighted by Crippen LogP contribution is 2.30. The second-order valence-corrected chi connectivity index (χ2v) is 6.76. The van der Waals surface area contributed by atoms with E-state index in [1.165, 1.54) is 9.13 Å². The maximum Gasteiger partial charge on any atom is 0.356 e. The molecule has 3 aromatic rings. The molecule has 0 fully saturated rings. The second kappa shape index (κ2) is 7.85. The van der Waals surface area contributed by atoms with Crippen molar-refractivity contribution in [1.82, 2.24) is 14.1 Å². The van der Waals surface area contributed by atoms with Crippen LogP contribution in [0.3, 0.4) is 0 Å². The van der Waals surface area contributed by atoms with Crippen molar-refractivity contribution in [1.29, 1.82) is 0 Å². The number of carboxylic acids is 1. The molecule has 0 radical (unpaired) electrons. The molecule has 148 valence electrons. The predicted molar refractivity (Wildman–Crippen MR) is 104 cm³/mol. The summed E-state index contributed by atoms with van der Waals surface area (Å²) in [7, 11) is 1.56. The van der Waals surface area contributed by atoms with Crippen LogP contribution in [-0.4, -0.2) is 31.3 Å². The zero-order valence-corrected chi connectivity index (χ0v) is 16.3. The number of carbonyl (C=O) groups is 1. The molecule has 8 nitrogen and oxygen atoms in total. The molecular formula is C20H23N3O5. The molecule has 28 heavy (non-hydrogen) atoms. The van der Waals surface area contributed by atoms with Crippen LogP contribution in [0, 0.1) is 6.92 Å². The van der Waals surface area contributed by atoms with E-state index in [2.05, 4.69) is 4.98 Å². The first-order valence-corrected chi connectivity index (χ1v) is 8.92. The fourth-order valence-electron chi connectivity index (χ4n) is 3.04. The van der Waals surface area contributed by atoms with Gasteiger partial charge < -0.3 is 19.1 Å². The van der Waals surface area contributed by atoms with Gasteiger partial charge in [0.15, 0.2) is 17.1 Å². The Morgan fingerprint density at radius 1 is 1.25 bits per heavy atom. The molecule has 0 atom stereocenters. The van der Waals surface area contributed by atoms with E-state index in [1.807, 2.05) is 30.3 Å². The van der Waals surface area contributed by atoms with Gasteiger partial charge in [-0.05, 0) is 26.3 Å². The molecule has 0 amide bonds. The molecule has 8 heteroatoms. The van der Waals surface area contributed by atoms with Gasteiger partial charge in [-0.2, -0.15) is 0 Å². The zero-order valence-electron chi connectivity index (χ0n) is 16.3. The van der Waals surface area contributed by atoms with E-state index in [0.717, 1.165) is 5.56 Å². The Morgan fingerprint density at radius 2 is 1.93 bits per heavy atom. The topological polar surface area (TPSA) is 95.6 Å². The second-order valence-electron chi connectivity index (χ2n) is 6.76. The van der Waals surface area contributed by atoms with Crippen molar-refractivity contribution in [2.45, 2.75) is 40.2 Å². The van der Waals surface area contributed by atoms with Crippen molar-refractivity contribution < 1.29 is 19.4 Å². The van der Waals surface area contributed by atoms with Crippen molar-refractivity contribution in [3.05, 3.63) is 57.8 Å². The van der Waals surface area contributed by atoms with Crippen molar-refractivity contribution in [3.63, 3.8) is 0 Å². The summed E-state index contributed by atoms with van der Waals surface area (Å²) in [5.74, 6) is -0.714. The highest BCUT2D eigenvalue weighted by Gasteiger charge is 2.27. The van der Waals surface area contributed by atoms with Crippen molar-refractivity contribution in [2.75, 3.05) is 0 Å². The van der Waals surface area contributed by atoms with E-state index < -0.39 is 11.5 Å². The fraction of sp³-hybridized carbons (Fsp3) is 0.350. The number of aromatic nitrogens is 3. The lowest BCUT2D eigenvalue weighted by Gasteiger charge is -2.12. The Labute approximate surface area is 162 Å². The van der Waals surface area contributed by atoms with Crippen molar-refractivity contribution in [3.8, 4) is 5.75 Å². The largest absolute Gasteiger partial charge is 0.488 e. The maximum absolute atomic E-state index is 13.1. The van der Waals surface area contributed by atoms with Crippen LogP contribution < -0.4 is 10.3 Å². The van der Waals surface area contributed by atoms with E-state index in [-0.39, 0.29) is 35.3 Å². The Kier molecular flexibility index (Phi) is 5.51. The Morgan fingerprint density at radius 3 is 2.54 bits per heavy atom. The van der Waals surface area contributed by atoms with Gasteiger partial charge in [-0.25, -0.2) is 9.78 Å². The molecule has 0 aliphatic heterocycles. The smallest absolute Gasteiger partial charge is 0.356 e. The quantitative estimate of drug-likeness (QED) is 0.672. The van der Waals surface area contributed by atoms with E-state index in [4.69, 9.17) is 9.47 Å². The van der Waals surface area contributed by atoms with Gasteiger partial charge in [-0.3, -0.25) is 9.36 Å². The van der Waals surface area contributed by atoms with Gasteiger partial charge in [0.25, 0.3) is 5.56 Å². The lowest BCUT2D eigenvalue weighted by atomic mass is 10.2. The Balaban J connectivity index is 2.05. The molecule has 2 aromatic heterocycles. The first-order chi connectivity index (χ1) is 13.3. The zero-order chi connectivity index (χ0) is 20.4. The molecule has 0 spiro atoms. The van der Waals surface area contributed by atoms with E-state index >= 15 is 0 Å². The third-order valence-electron chi connectivity index (χ3n) is 4.32. The number of ether oxygens (including phenoxy) is 2. The molecule has 0 aliphatic rings. The average molecular weight is 385 g/mol. The van der Waals surface area contributed by atoms with Crippen LogP contribution in [0.15, 0.2) is 35.1 Å². The number of hydrogen-bond donors (Lipinski definition) is 1. The first kappa shape index (κ1) is 19.6. The lowest BCUT2D eigenvalue weighted by Crippen LogP contribution is -2.25. The Hall–Kier alpha value is -3.13. The highest BCUT2D eigenvalue weighted by atomic mass is 16.5. The number of fused-ring (bicyclic) bond motifs is 1. The van der Waals surface area contributed by atoms with Crippen LogP contribution in [0.4, 0.5) is 0 Å². The predicted octanol–water partition coefficient (Wildman–Crippen LogP) is 2.70. The van der Waals surface area contributed by atoms with E-state index in [9.17, 15) is 14.7 Å². The number of nitrogens with zero attached hydrogens (tertiary/aromatic N) is 3. The van der Waals surface area contributed by atoms with Gasteiger partial charge in [-0.1, -0.05) is 30.3 Å². The monoisotopic (exact) mass is 385 g/mol. The third-order valence-corrected chi connectivity index (χ3v) is 4.32. The average Bonchev–Trinajstić information content (AvgIpc) is 2.90. The van der Waals surface area contributed by atoms with Gasteiger partial charge >= 0.3 is 5.97 Å². The molecule has 3 rings (SSSR count). The summed E-state index contributed by atoms with van der Waals surface area (Å²) in [6, 6.07) is 9.61. The Bertz CT molecular complexity index is 1070. The van der Waals surface area contributed by atoms with Gasteiger partial charge in [0.05, 0.1) is 12.7 Å². The van der Waals surface area contributed by atoms with Crippen molar-refractivity contribution in [2.24, 2.45) is 7.05 Å². The number of aromatic carboxylic acids is 1. The molecule has 1 N–H and O–H groups in total. The summed E-state index contributed by atoms with van der Waals surface area (Å²) in [4.78, 5) is 29.3. The molecule has 1 aromatic carbocycles. The number of aryl methyl sites for hydroxylation is 2. The fourth-order valence-corrected chi connectivity index (χ4v) is 3.04. The third kappa shape index (κ3) is 3.63. The normalized spacial score (nSPS) is 11.3. The molecule has 0 saturated heterocycles. The van der Waals surface area contributed by atoms with Gasteiger partial charge in [0.1, 0.15) is 17.9 Å². The minimum atomic E-state index is -1.18. The van der Waals surface area contributed by atoms with Crippen LogP contribution in [0.2, 0.25) is 0 Å². The molecule has 0 saturated carbocycles. The SMILES string of the molecule is Cc1nc2c(c(OC(C)C)c(C(=O)O)n2C)c(=O)n1COCc1ccccc1. The summed E-state index contributed by atoms with van der Waals surface area (Å²) in [5, 5.41) is 9.74. The molecule has 0 bridgehead atoms. The van der Waals surface area contributed by atoms with E-state index in [1.54, 1.807) is 27.8 Å². The molecule has 0 aliphatic carbocycles. The minimum absolute atomic E-state index is 0.000911. The van der Waals surface area contributed by atoms with Crippen molar-refractivity contribution >= 4 is 17.0 Å². The minimum Gasteiger partial charge on any atom is -0.488 e. The first-order valence-electron chi connectivity index (χ1n) is 8.92. The van der Waals surface area contributed by atoms with Crippen LogP contribution in [0.25, 0.3) is 11.0 Å². The number of hydrogen-bond acceptors (Lipinski definition) is 5. The summed E-state index contributed by atoms with van der Waals surface area (Å²) >= 11 is 0. The number of benzene rings is 1. The van der Waals surface area contributed by atoms with Crippen LogP contribution in [0.1, 0.15) is 35.7 Å². The summed E-state index contributed by atoms with van der Waals surface area (Å²) in [5.41, 5.74) is 0.763. The lowest BCUT2D eigenvalue weighted by molar-refractivity contribution is 0.0600. The maximum atomic E-state index is 13.1.